The SMILES string of the molecule is Cc1cc(C)n(-c2ccccc2NC(=O)c2cc3c([nH]c2=O)CCCC3=O)n1. The fourth-order valence-electron chi connectivity index (χ4n) is 3.57. The van der Waals surface area contributed by atoms with Crippen molar-refractivity contribution in [2.75, 3.05) is 5.32 Å². The van der Waals surface area contributed by atoms with Crippen LogP contribution in [0.2, 0.25) is 0 Å². The number of nitrogens with zero attached hydrogens (tertiary/aromatic N) is 2. The number of para-hydroxylation sites is 2. The minimum atomic E-state index is -0.559. The Morgan fingerprint density at radius 1 is 1.14 bits per heavy atom. The first-order valence-electron chi connectivity index (χ1n) is 9.17. The Bertz CT molecular complexity index is 1160. The maximum Gasteiger partial charge on any atom is 0.261 e. The number of hydrogen-bond acceptors (Lipinski definition) is 4. The average Bonchev–Trinajstić information content (AvgIpc) is 3.00. The molecule has 2 heterocycles. The third-order valence-corrected chi connectivity index (χ3v) is 4.89. The number of fused-ring (bicyclic) bond motifs is 1. The van der Waals surface area contributed by atoms with Crippen LogP contribution in [0.1, 0.15) is 50.6 Å². The third kappa shape index (κ3) is 3.15. The van der Waals surface area contributed by atoms with Gasteiger partial charge < -0.3 is 10.3 Å². The van der Waals surface area contributed by atoms with E-state index in [2.05, 4.69) is 15.4 Å². The molecule has 1 amide bonds. The fraction of sp³-hybridized carbons (Fsp3) is 0.238. The van der Waals surface area contributed by atoms with E-state index >= 15 is 0 Å². The predicted molar refractivity (Wildman–Crippen MR) is 105 cm³/mol. The minimum absolute atomic E-state index is 0.0467. The average molecular weight is 376 g/mol. The standard InChI is InChI=1S/C21H20N4O3/c1-12-10-13(2)25(24-12)18-8-4-3-6-17(18)23-21(28)15-11-14-16(22-20(15)27)7-5-9-19(14)26/h3-4,6,8,10-11H,5,7,9H2,1-2H3,(H,22,27)(H,23,28). The highest BCUT2D eigenvalue weighted by molar-refractivity contribution is 6.07. The molecule has 7 nitrogen and oxygen atoms in total. The Labute approximate surface area is 161 Å². The van der Waals surface area contributed by atoms with E-state index in [-0.39, 0.29) is 11.3 Å². The van der Waals surface area contributed by atoms with Gasteiger partial charge in [-0.05, 0) is 51.0 Å². The molecule has 4 rings (SSSR count). The van der Waals surface area contributed by atoms with Crippen molar-refractivity contribution in [1.82, 2.24) is 14.8 Å². The van der Waals surface area contributed by atoms with Crippen LogP contribution in [-0.2, 0) is 6.42 Å². The normalized spacial score (nSPS) is 13.3. The molecule has 0 radical (unpaired) electrons. The van der Waals surface area contributed by atoms with Crippen molar-refractivity contribution in [2.45, 2.75) is 33.1 Å². The first kappa shape index (κ1) is 17.9. The molecule has 0 unspecified atom stereocenters. The molecule has 2 N–H and O–H groups in total. The minimum Gasteiger partial charge on any atom is -0.325 e. The van der Waals surface area contributed by atoms with Crippen molar-refractivity contribution in [3.8, 4) is 5.69 Å². The smallest absolute Gasteiger partial charge is 0.261 e. The van der Waals surface area contributed by atoms with Crippen molar-refractivity contribution < 1.29 is 9.59 Å². The number of ketones is 1. The van der Waals surface area contributed by atoms with Crippen molar-refractivity contribution in [1.29, 1.82) is 0 Å². The van der Waals surface area contributed by atoms with E-state index in [1.165, 1.54) is 6.07 Å². The highest BCUT2D eigenvalue weighted by Crippen LogP contribution is 2.23. The third-order valence-electron chi connectivity index (χ3n) is 4.89. The van der Waals surface area contributed by atoms with E-state index in [9.17, 15) is 14.4 Å². The van der Waals surface area contributed by atoms with E-state index in [1.54, 1.807) is 16.8 Å². The molecule has 142 valence electrons. The maximum atomic E-state index is 12.8. The summed E-state index contributed by atoms with van der Waals surface area (Å²) in [5, 5.41) is 7.25. The zero-order valence-corrected chi connectivity index (χ0v) is 15.7. The molecule has 28 heavy (non-hydrogen) atoms. The topological polar surface area (TPSA) is 96.9 Å². The Morgan fingerprint density at radius 2 is 1.93 bits per heavy atom. The summed E-state index contributed by atoms with van der Waals surface area (Å²) in [6.07, 6.45) is 1.78. The molecule has 1 aromatic carbocycles. The largest absolute Gasteiger partial charge is 0.325 e. The lowest BCUT2D eigenvalue weighted by Gasteiger charge is -2.16. The van der Waals surface area contributed by atoms with Gasteiger partial charge in [0.05, 0.1) is 17.1 Å². The van der Waals surface area contributed by atoms with E-state index < -0.39 is 11.5 Å². The second kappa shape index (κ2) is 6.92. The summed E-state index contributed by atoms with van der Waals surface area (Å²) < 4.78 is 1.74. The number of anilines is 1. The molecule has 3 aromatic rings. The van der Waals surface area contributed by atoms with Gasteiger partial charge in [0.2, 0.25) is 0 Å². The number of hydrogen-bond donors (Lipinski definition) is 2. The molecule has 0 spiro atoms. The van der Waals surface area contributed by atoms with Gasteiger partial charge in [0, 0.05) is 23.4 Å². The van der Waals surface area contributed by atoms with Crippen LogP contribution in [0.15, 0.2) is 41.2 Å². The summed E-state index contributed by atoms with van der Waals surface area (Å²) in [7, 11) is 0. The molecule has 1 aliphatic rings. The number of pyridine rings is 1. The van der Waals surface area contributed by atoms with Crippen molar-refractivity contribution >= 4 is 17.4 Å². The molecular weight excluding hydrogens is 356 g/mol. The molecule has 0 saturated carbocycles. The monoisotopic (exact) mass is 376 g/mol. The summed E-state index contributed by atoms with van der Waals surface area (Å²) in [4.78, 5) is 40.1. The Morgan fingerprint density at radius 3 is 2.68 bits per heavy atom. The van der Waals surface area contributed by atoms with Gasteiger partial charge in [-0.1, -0.05) is 12.1 Å². The van der Waals surface area contributed by atoms with Gasteiger partial charge in [-0.25, -0.2) is 4.68 Å². The van der Waals surface area contributed by atoms with Gasteiger partial charge in [-0.15, -0.1) is 0 Å². The van der Waals surface area contributed by atoms with Crippen molar-refractivity contribution in [3.05, 3.63) is 75.0 Å². The molecule has 0 fully saturated rings. The first-order valence-corrected chi connectivity index (χ1v) is 9.17. The molecule has 2 aromatic heterocycles. The van der Waals surface area contributed by atoms with Crippen LogP contribution in [0.25, 0.3) is 5.69 Å². The maximum absolute atomic E-state index is 12.8. The second-order valence-corrected chi connectivity index (χ2v) is 6.99. The Kier molecular flexibility index (Phi) is 4.43. The summed E-state index contributed by atoms with van der Waals surface area (Å²) in [5.41, 5.74) is 3.50. The van der Waals surface area contributed by atoms with Gasteiger partial charge in [-0.3, -0.25) is 14.4 Å². The van der Waals surface area contributed by atoms with E-state index in [4.69, 9.17) is 0 Å². The zero-order valence-electron chi connectivity index (χ0n) is 15.7. The number of aromatic nitrogens is 3. The number of nitrogens with one attached hydrogen (secondary N) is 2. The Balaban J connectivity index is 1.71. The summed E-state index contributed by atoms with van der Waals surface area (Å²) in [6.45, 7) is 3.83. The predicted octanol–water partition coefficient (Wildman–Crippen LogP) is 2.95. The van der Waals surface area contributed by atoms with Crippen LogP contribution < -0.4 is 10.9 Å². The number of amides is 1. The van der Waals surface area contributed by atoms with Gasteiger partial charge in [0.25, 0.3) is 11.5 Å². The van der Waals surface area contributed by atoms with E-state index in [0.29, 0.717) is 41.9 Å². The molecule has 1 aliphatic carbocycles. The lowest BCUT2D eigenvalue weighted by molar-refractivity contribution is 0.0971. The van der Waals surface area contributed by atoms with Gasteiger partial charge in [0.15, 0.2) is 5.78 Å². The number of carbonyl (C=O) groups excluding carboxylic acids is 2. The van der Waals surface area contributed by atoms with Crippen LogP contribution >= 0.6 is 0 Å². The number of benzene rings is 1. The van der Waals surface area contributed by atoms with Gasteiger partial charge in [0.1, 0.15) is 5.56 Å². The molecule has 7 heteroatoms. The molecule has 0 atom stereocenters. The van der Waals surface area contributed by atoms with Crippen LogP contribution in [-0.4, -0.2) is 26.5 Å². The quantitative estimate of drug-likeness (QED) is 0.734. The number of rotatable bonds is 3. The molecule has 0 bridgehead atoms. The van der Waals surface area contributed by atoms with Gasteiger partial charge in [-0.2, -0.15) is 5.10 Å². The summed E-state index contributed by atoms with van der Waals surface area (Å²) in [6, 6.07) is 10.6. The van der Waals surface area contributed by atoms with Crippen LogP contribution in [0.4, 0.5) is 5.69 Å². The second-order valence-electron chi connectivity index (χ2n) is 6.99. The summed E-state index contributed by atoms with van der Waals surface area (Å²) in [5.74, 6) is -0.606. The van der Waals surface area contributed by atoms with E-state index in [1.807, 2.05) is 32.0 Å². The number of aromatic amines is 1. The number of carbonyl (C=O) groups is 2. The summed E-state index contributed by atoms with van der Waals surface area (Å²) >= 11 is 0. The first-order chi connectivity index (χ1) is 13.4. The fourth-order valence-corrected chi connectivity index (χ4v) is 3.57. The zero-order chi connectivity index (χ0) is 19.8. The van der Waals surface area contributed by atoms with Crippen LogP contribution in [0.3, 0.4) is 0 Å². The lowest BCUT2D eigenvalue weighted by atomic mass is 9.93. The van der Waals surface area contributed by atoms with Crippen LogP contribution in [0.5, 0.6) is 0 Å². The molecule has 0 aliphatic heterocycles. The Hall–Kier alpha value is -3.48. The van der Waals surface area contributed by atoms with Gasteiger partial charge >= 0.3 is 0 Å². The van der Waals surface area contributed by atoms with Crippen molar-refractivity contribution in [3.63, 3.8) is 0 Å². The molecular formula is C21H20N4O3. The highest BCUT2D eigenvalue weighted by atomic mass is 16.2. The lowest BCUT2D eigenvalue weighted by Crippen LogP contribution is -2.27. The van der Waals surface area contributed by atoms with Crippen molar-refractivity contribution in [2.24, 2.45) is 0 Å². The highest BCUT2D eigenvalue weighted by Gasteiger charge is 2.22. The number of Topliss-reactive ketones (excluding diaryl/α,β-unsaturated/α-hetero) is 1. The number of H-pyrrole nitrogens is 1. The number of aryl methyl sites for hydroxylation is 3. The van der Waals surface area contributed by atoms with E-state index in [0.717, 1.165) is 11.4 Å². The van der Waals surface area contributed by atoms with Crippen LogP contribution in [0, 0.1) is 13.8 Å². The molecule has 0 saturated heterocycles.